The molecular weight excluding hydrogens is 306 g/mol. The van der Waals surface area contributed by atoms with E-state index in [0.717, 1.165) is 33.8 Å². The number of hydrogen-bond acceptors (Lipinski definition) is 3. The van der Waals surface area contributed by atoms with Gasteiger partial charge in [-0.25, -0.2) is 4.98 Å². The number of rotatable bonds is 3. The van der Waals surface area contributed by atoms with Gasteiger partial charge in [-0.05, 0) is 59.5 Å². The van der Waals surface area contributed by atoms with Crippen LogP contribution in [0.3, 0.4) is 0 Å². The molecule has 4 nitrogen and oxygen atoms in total. The number of aromatic nitrogens is 2. The molecule has 1 aromatic heterocycles. The summed E-state index contributed by atoms with van der Waals surface area (Å²) < 4.78 is 6.10. The average Bonchev–Trinajstić information content (AvgIpc) is 2.75. The molecule has 0 aliphatic carbocycles. The number of nitrogens with one attached hydrogen (secondary N) is 1. The topological polar surface area (TPSA) is 63.9 Å². The standard InChI is InChI=1S/C14H18BrN3O/c1-7-5-11(19-4)8(2)9(3)12(7)13-10(6-16)17-14(15)18-13/h5H,6,16H2,1-4H3,(H,17,18). The van der Waals surface area contributed by atoms with E-state index in [1.54, 1.807) is 7.11 Å². The summed E-state index contributed by atoms with van der Waals surface area (Å²) in [6.07, 6.45) is 0. The monoisotopic (exact) mass is 323 g/mol. The number of hydrogen-bond donors (Lipinski definition) is 2. The van der Waals surface area contributed by atoms with Gasteiger partial charge < -0.3 is 15.5 Å². The SMILES string of the molecule is COc1cc(C)c(-c2nc(Br)[nH]c2CN)c(C)c1C. The lowest BCUT2D eigenvalue weighted by molar-refractivity contribution is 0.411. The van der Waals surface area contributed by atoms with Gasteiger partial charge in [0.25, 0.3) is 0 Å². The number of imidazole rings is 1. The maximum Gasteiger partial charge on any atom is 0.175 e. The molecule has 102 valence electrons. The fourth-order valence-electron chi connectivity index (χ4n) is 2.35. The highest BCUT2D eigenvalue weighted by atomic mass is 79.9. The second-order valence-corrected chi connectivity index (χ2v) is 5.33. The van der Waals surface area contributed by atoms with Crippen molar-refractivity contribution < 1.29 is 4.74 Å². The first-order valence-electron chi connectivity index (χ1n) is 6.09. The van der Waals surface area contributed by atoms with Crippen LogP contribution in [0.5, 0.6) is 5.75 Å². The van der Waals surface area contributed by atoms with Crippen LogP contribution in [0.2, 0.25) is 0 Å². The Balaban J connectivity index is 2.72. The van der Waals surface area contributed by atoms with Crippen LogP contribution in [0.15, 0.2) is 10.8 Å². The first kappa shape index (κ1) is 14.1. The number of ether oxygens (including phenoxy) is 1. The van der Waals surface area contributed by atoms with Gasteiger partial charge in [-0.2, -0.15) is 0 Å². The minimum absolute atomic E-state index is 0.428. The van der Waals surface area contributed by atoms with E-state index in [2.05, 4.69) is 46.7 Å². The molecule has 0 radical (unpaired) electrons. The fraction of sp³-hybridized carbons (Fsp3) is 0.357. The molecule has 0 unspecified atom stereocenters. The minimum Gasteiger partial charge on any atom is -0.496 e. The van der Waals surface area contributed by atoms with Crippen molar-refractivity contribution in [3.05, 3.63) is 33.2 Å². The van der Waals surface area contributed by atoms with Crippen LogP contribution in [0.1, 0.15) is 22.4 Å². The van der Waals surface area contributed by atoms with Gasteiger partial charge in [0, 0.05) is 12.1 Å². The van der Waals surface area contributed by atoms with Gasteiger partial charge in [0.15, 0.2) is 4.73 Å². The third kappa shape index (κ3) is 2.40. The van der Waals surface area contributed by atoms with Crippen molar-refractivity contribution in [2.45, 2.75) is 27.3 Å². The zero-order valence-electron chi connectivity index (χ0n) is 11.6. The van der Waals surface area contributed by atoms with E-state index in [0.29, 0.717) is 11.3 Å². The van der Waals surface area contributed by atoms with Gasteiger partial charge in [0.2, 0.25) is 0 Å². The first-order valence-corrected chi connectivity index (χ1v) is 6.88. The van der Waals surface area contributed by atoms with Crippen molar-refractivity contribution in [3.8, 4) is 17.0 Å². The van der Waals surface area contributed by atoms with Gasteiger partial charge >= 0.3 is 0 Å². The number of methoxy groups -OCH3 is 1. The van der Waals surface area contributed by atoms with Crippen LogP contribution in [-0.4, -0.2) is 17.1 Å². The molecule has 3 N–H and O–H groups in total. The third-order valence-corrected chi connectivity index (χ3v) is 3.84. The Hall–Kier alpha value is -1.33. The number of halogens is 1. The van der Waals surface area contributed by atoms with Crippen LogP contribution >= 0.6 is 15.9 Å². The Morgan fingerprint density at radius 2 is 2.00 bits per heavy atom. The molecule has 0 aliphatic heterocycles. The third-order valence-electron chi connectivity index (χ3n) is 3.46. The highest BCUT2D eigenvalue weighted by Crippen LogP contribution is 2.35. The van der Waals surface area contributed by atoms with Gasteiger partial charge in [-0.15, -0.1) is 0 Å². The molecule has 0 spiro atoms. The molecule has 0 amide bonds. The number of benzene rings is 1. The Labute approximate surface area is 121 Å². The van der Waals surface area contributed by atoms with Crippen LogP contribution in [0, 0.1) is 20.8 Å². The molecule has 0 atom stereocenters. The van der Waals surface area contributed by atoms with Crippen molar-refractivity contribution >= 4 is 15.9 Å². The quantitative estimate of drug-likeness (QED) is 0.911. The zero-order chi connectivity index (χ0) is 14.2. The summed E-state index contributed by atoms with van der Waals surface area (Å²) in [5.74, 6) is 0.905. The maximum absolute atomic E-state index is 5.78. The van der Waals surface area contributed by atoms with Gasteiger partial charge in [0.05, 0.1) is 18.5 Å². The molecule has 2 aromatic rings. The largest absolute Gasteiger partial charge is 0.496 e. The summed E-state index contributed by atoms with van der Waals surface area (Å²) in [7, 11) is 1.69. The minimum atomic E-state index is 0.428. The number of H-pyrrole nitrogens is 1. The molecule has 0 fully saturated rings. The van der Waals surface area contributed by atoms with Crippen LogP contribution < -0.4 is 10.5 Å². The smallest absolute Gasteiger partial charge is 0.175 e. The van der Waals surface area contributed by atoms with Gasteiger partial charge in [0.1, 0.15) is 5.75 Å². The highest BCUT2D eigenvalue weighted by molar-refractivity contribution is 9.10. The molecule has 1 heterocycles. The Bertz CT molecular complexity index is 620. The summed E-state index contributed by atoms with van der Waals surface area (Å²) in [4.78, 5) is 7.65. The summed E-state index contributed by atoms with van der Waals surface area (Å²) >= 11 is 3.37. The Morgan fingerprint density at radius 1 is 1.32 bits per heavy atom. The predicted molar refractivity (Wildman–Crippen MR) is 80.4 cm³/mol. The first-order chi connectivity index (χ1) is 8.99. The lowest BCUT2D eigenvalue weighted by atomic mass is 9.94. The molecule has 1 aromatic carbocycles. The lowest BCUT2D eigenvalue weighted by Gasteiger charge is -2.15. The maximum atomic E-state index is 5.78. The van der Waals surface area contributed by atoms with E-state index in [1.807, 2.05) is 6.07 Å². The van der Waals surface area contributed by atoms with Crippen molar-refractivity contribution in [2.24, 2.45) is 5.73 Å². The molecule has 0 aliphatic rings. The second-order valence-electron chi connectivity index (χ2n) is 4.58. The van der Waals surface area contributed by atoms with E-state index in [4.69, 9.17) is 10.5 Å². The van der Waals surface area contributed by atoms with E-state index < -0.39 is 0 Å². The van der Waals surface area contributed by atoms with Gasteiger partial charge in [-0.1, -0.05) is 0 Å². The van der Waals surface area contributed by atoms with E-state index >= 15 is 0 Å². The number of aromatic amines is 1. The fourth-order valence-corrected chi connectivity index (χ4v) is 2.77. The molecule has 19 heavy (non-hydrogen) atoms. The van der Waals surface area contributed by atoms with Crippen LogP contribution in [-0.2, 0) is 6.54 Å². The van der Waals surface area contributed by atoms with E-state index in [1.165, 1.54) is 5.56 Å². The summed E-state index contributed by atoms with van der Waals surface area (Å²) in [5.41, 5.74) is 12.2. The van der Waals surface area contributed by atoms with Crippen molar-refractivity contribution in [1.82, 2.24) is 9.97 Å². The number of nitrogens with two attached hydrogens (primary N) is 1. The second kappa shape index (κ2) is 5.35. The van der Waals surface area contributed by atoms with E-state index in [-0.39, 0.29) is 0 Å². The van der Waals surface area contributed by atoms with Crippen molar-refractivity contribution in [1.29, 1.82) is 0 Å². The summed E-state index contributed by atoms with van der Waals surface area (Å²) in [5, 5.41) is 0. The summed E-state index contributed by atoms with van der Waals surface area (Å²) in [6.45, 7) is 6.63. The Morgan fingerprint density at radius 3 is 2.58 bits per heavy atom. The number of nitrogens with zero attached hydrogens (tertiary/aromatic N) is 1. The molecule has 2 rings (SSSR count). The van der Waals surface area contributed by atoms with Crippen molar-refractivity contribution in [2.75, 3.05) is 7.11 Å². The highest BCUT2D eigenvalue weighted by Gasteiger charge is 2.17. The number of aryl methyl sites for hydroxylation is 1. The van der Waals surface area contributed by atoms with Gasteiger partial charge in [-0.3, -0.25) is 0 Å². The molecule has 0 bridgehead atoms. The Kier molecular flexibility index (Phi) is 3.96. The lowest BCUT2D eigenvalue weighted by Crippen LogP contribution is -2.02. The molecule has 0 saturated carbocycles. The molecular formula is C14H18BrN3O. The molecule has 5 heteroatoms. The van der Waals surface area contributed by atoms with Crippen LogP contribution in [0.4, 0.5) is 0 Å². The predicted octanol–water partition coefficient (Wildman–Crippen LogP) is 3.23. The van der Waals surface area contributed by atoms with E-state index in [9.17, 15) is 0 Å². The van der Waals surface area contributed by atoms with Crippen molar-refractivity contribution in [3.63, 3.8) is 0 Å². The van der Waals surface area contributed by atoms with Crippen LogP contribution in [0.25, 0.3) is 11.3 Å². The normalized spacial score (nSPS) is 10.8. The average molecular weight is 324 g/mol. The zero-order valence-corrected chi connectivity index (χ0v) is 13.2. The summed E-state index contributed by atoms with van der Waals surface area (Å²) in [6, 6.07) is 2.04. The molecule has 0 saturated heterocycles.